The molecular formula is C10H11BrFNO. The fourth-order valence-electron chi connectivity index (χ4n) is 1.57. The van der Waals surface area contributed by atoms with E-state index in [-0.39, 0.29) is 5.82 Å². The smallest absolute Gasteiger partial charge is 0.123 e. The third kappa shape index (κ3) is 1.97. The predicted octanol–water partition coefficient (Wildman–Crippen LogP) is 1.47. The van der Waals surface area contributed by atoms with E-state index in [0.29, 0.717) is 19.5 Å². The molecule has 0 amide bonds. The minimum absolute atomic E-state index is 0.265. The first kappa shape index (κ1) is 10.1. The molecule has 1 aliphatic rings. The minimum atomic E-state index is -0.698. The lowest BCUT2D eigenvalue weighted by Crippen LogP contribution is -2.60. The third-order valence-electron chi connectivity index (χ3n) is 2.44. The maximum absolute atomic E-state index is 12.9. The van der Waals surface area contributed by atoms with Crippen LogP contribution >= 0.6 is 15.9 Å². The molecule has 0 atom stereocenters. The van der Waals surface area contributed by atoms with E-state index in [2.05, 4.69) is 21.2 Å². The number of rotatable bonds is 2. The van der Waals surface area contributed by atoms with E-state index in [4.69, 9.17) is 0 Å². The largest absolute Gasteiger partial charge is 0.387 e. The summed E-state index contributed by atoms with van der Waals surface area (Å²) in [6.45, 7) is 1.16. The van der Waals surface area contributed by atoms with Gasteiger partial charge in [-0.25, -0.2) is 4.39 Å². The number of nitrogens with one attached hydrogen (secondary N) is 1. The Bertz CT molecular complexity index is 352. The maximum Gasteiger partial charge on any atom is 0.123 e. The summed E-state index contributed by atoms with van der Waals surface area (Å²) in [5.74, 6) is -0.265. The average Bonchev–Trinajstić information content (AvgIpc) is 2.09. The van der Waals surface area contributed by atoms with E-state index in [0.717, 1.165) is 10.0 Å². The molecule has 76 valence electrons. The molecule has 1 heterocycles. The first-order valence-electron chi connectivity index (χ1n) is 4.46. The van der Waals surface area contributed by atoms with Gasteiger partial charge in [-0.3, -0.25) is 0 Å². The van der Waals surface area contributed by atoms with E-state index in [1.165, 1.54) is 12.1 Å². The van der Waals surface area contributed by atoms with Gasteiger partial charge in [-0.05, 0) is 23.8 Å². The van der Waals surface area contributed by atoms with Crippen LogP contribution < -0.4 is 5.32 Å². The van der Waals surface area contributed by atoms with Crippen LogP contribution in [-0.4, -0.2) is 23.8 Å². The fourth-order valence-corrected chi connectivity index (χ4v) is 1.96. The highest BCUT2D eigenvalue weighted by Crippen LogP contribution is 2.24. The molecule has 0 aromatic heterocycles. The highest BCUT2D eigenvalue weighted by molar-refractivity contribution is 9.10. The van der Waals surface area contributed by atoms with Gasteiger partial charge in [0.1, 0.15) is 5.82 Å². The van der Waals surface area contributed by atoms with E-state index in [1.54, 1.807) is 6.07 Å². The van der Waals surface area contributed by atoms with Gasteiger partial charge in [0.25, 0.3) is 0 Å². The molecule has 2 nitrogen and oxygen atoms in total. The minimum Gasteiger partial charge on any atom is -0.387 e. The Balaban J connectivity index is 2.19. The topological polar surface area (TPSA) is 32.3 Å². The van der Waals surface area contributed by atoms with Crippen LogP contribution in [0.15, 0.2) is 22.7 Å². The number of benzene rings is 1. The van der Waals surface area contributed by atoms with E-state index >= 15 is 0 Å². The van der Waals surface area contributed by atoms with E-state index < -0.39 is 5.60 Å². The van der Waals surface area contributed by atoms with Crippen LogP contribution in [0.25, 0.3) is 0 Å². The summed E-state index contributed by atoms with van der Waals surface area (Å²) in [6, 6.07) is 4.52. The number of β-amino-alcohol motifs (C(OH)–C–C–N with tert-alkyl or cyclic N) is 1. The molecule has 0 radical (unpaired) electrons. The Hall–Kier alpha value is -0.450. The summed E-state index contributed by atoms with van der Waals surface area (Å²) in [5.41, 5.74) is 0.116. The molecule has 14 heavy (non-hydrogen) atoms. The molecule has 0 saturated carbocycles. The van der Waals surface area contributed by atoms with Gasteiger partial charge in [0.2, 0.25) is 0 Å². The molecule has 1 saturated heterocycles. The molecule has 0 unspecified atom stereocenters. The maximum atomic E-state index is 12.9. The van der Waals surface area contributed by atoms with Crippen molar-refractivity contribution in [2.45, 2.75) is 12.0 Å². The van der Waals surface area contributed by atoms with Crippen molar-refractivity contribution < 1.29 is 9.50 Å². The van der Waals surface area contributed by atoms with Gasteiger partial charge >= 0.3 is 0 Å². The summed E-state index contributed by atoms with van der Waals surface area (Å²) < 4.78 is 13.8. The Morgan fingerprint density at radius 3 is 2.79 bits per heavy atom. The van der Waals surface area contributed by atoms with Crippen LogP contribution in [0.5, 0.6) is 0 Å². The van der Waals surface area contributed by atoms with Crippen LogP contribution in [0, 0.1) is 5.82 Å². The van der Waals surface area contributed by atoms with Crippen molar-refractivity contribution in [3.05, 3.63) is 34.1 Å². The normalized spacial score (nSPS) is 19.1. The van der Waals surface area contributed by atoms with Crippen molar-refractivity contribution in [3.8, 4) is 0 Å². The monoisotopic (exact) mass is 259 g/mol. The van der Waals surface area contributed by atoms with Crippen molar-refractivity contribution in [1.29, 1.82) is 0 Å². The summed E-state index contributed by atoms with van der Waals surface area (Å²) >= 11 is 3.34. The van der Waals surface area contributed by atoms with E-state index in [1.807, 2.05) is 0 Å². The Kier molecular flexibility index (Phi) is 2.60. The van der Waals surface area contributed by atoms with Crippen LogP contribution in [0.2, 0.25) is 0 Å². The Labute approximate surface area is 90.3 Å². The molecule has 1 aromatic rings. The van der Waals surface area contributed by atoms with Crippen molar-refractivity contribution in [2.75, 3.05) is 13.1 Å². The van der Waals surface area contributed by atoms with Crippen molar-refractivity contribution >= 4 is 15.9 Å². The lowest BCUT2D eigenvalue weighted by Gasteiger charge is -2.37. The van der Waals surface area contributed by atoms with Crippen LogP contribution in [0.1, 0.15) is 5.56 Å². The van der Waals surface area contributed by atoms with Crippen LogP contribution in [0.3, 0.4) is 0 Å². The molecule has 1 aliphatic heterocycles. The van der Waals surface area contributed by atoms with E-state index in [9.17, 15) is 9.50 Å². The number of aliphatic hydroxyl groups is 1. The van der Waals surface area contributed by atoms with Crippen molar-refractivity contribution in [3.63, 3.8) is 0 Å². The molecule has 1 aromatic carbocycles. The Morgan fingerprint density at radius 1 is 1.50 bits per heavy atom. The Morgan fingerprint density at radius 2 is 2.21 bits per heavy atom. The number of halogens is 2. The molecule has 2 rings (SSSR count). The fraction of sp³-hybridized carbons (Fsp3) is 0.400. The van der Waals surface area contributed by atoms with Crippen molar-refractivity contribution in [1.82, 2.24) is 5.32 Å². The first-order valence-corrected chi connectivity index (χ1v) is 5.25. The highest BCUT2D eigenvalue weighted by Gasteiger charge is 2.34. The SMILES string of the molecule is OC1(Cc2cc(F)ccc2Br)CNC1. The standard InChI is InChI=1S/C10H11BrFNO/c11-9-2-1-8(12)3-7(9)4-10(14)5-13-6-10/h1-3,13-14H,4-6H2. The van der Waals surface area contributed by atoms with Gasteiger partial charge in [0.05, 0.1) is 5.60 Å². The van der Waals surface area contributed by atoms with Gasteiger partial charge in [0, 0.05) is 24.0 Å². The molecule has 0 bridgehead atoms. The van der Waals surface area contributed by atoms with Gasteiger partial charge in [0.15, 0.2) is 0 Å². The summed E-state index contributed by atoms with van der Waals surface area (Å²) in [6.07, 6.45) is 0.484. The summed E-state index contributed by atoms with van der Waals surface area (Å²) in [5, 5.41) is 12.9. The molecular weight excluding hydrogens is 249 g/mol. The second-order valence-electron chi connectivity index (χ2n) is 3.74. The second kappa shape index (κ2) is 3.61. The lowest BCUT2D eigenvalue weighted by atomic mass is 9.89. The number of hydrogen-bond acceptors (Lipinski definition) is 2. The first-order chi connectivity index (χ1) is 6.59. The highest BCUT2D eigenvalue weighted by atomic mass is 79.9. The van der Waals surface area contributed by atoms with Gasteiger partial charge in [-0.1, -0.05) is 15.9 Å². The second-order valence-corrected chi connectivity index (χ2v) is 4.59. The molecule has 2 N–H and O–H groups in total. The zero-order valence-corrected chi connectivity index (χ0v) is 9.14. The zero-order valence-electron chi connectivity index (χ0n) is 7.56. The quantitative estimate of drug-likeness (QED) is 0.843. The molecule has 4 heteroatoms. The third-order valence-corrected chi connectivity index (χ3v) is 3.21. The predicted molar refractivity (Wildman–Crippen MR) is 55.6 cm³/mol. The summed E-state index contributed by atoms with van der Waals surface area (Å²) in [4.78, 5) is 0. The van der Waals surface area contributed by atoms with Gasteiger partial charge < -0.3 is 10.4 Å². The van der Waals surface area contributed by atoms with Gasteiger partial charge in [-0.15, -0.1) is 0 Å². The lowest BCUT2D eigenvalue weighted by molar-refractivity contribution is -0.00919. The molecule has 0 spiro atoms. The summed E-state index contributed by atoms with van der Waals surface area (Å²) in [7, 11) is 0. The molecule has 0 aliphatic carbocycles. The zero-order chi connectivity index (χ0) is 10.2. The number of hydrogen-bond donors (Lipinski definition) is 2. The molecule has 1 fully saturated rings. The van der Waals surface area contributed by atoms with Crippen molar-refractivity contribution in [2.24, 2.45) is 0 Å². The van der Waals surface area contributed by atoms with Gasteiger partial charge in [-0.2, -0.15) is 0 Å². The van der Waals surface area contributed by atoms with Crippen LogP contribution in [-0.2, 0) is 6.42 Å². The average molecular weight is 260 g/mol. The van der Waals surface area contributed by atoms with Crippen LogP contribution in [0.4, 0.5) is 4.39 Å².